The van der Waals surface area contributed by atoms with Crippen molar-refractivity contribution in [1.29, 1.82) is 0 Å². The van der Waals surface area contributed by atoms with Gasteiger partial charge >= 0.3 is 5.97 Å². The molecule has 0 bridgehead atoms. The standard InChI is InChI=1S/C42H70O13/c1-21(2)37-26(7)32(53-41-39(51-13)36(46)35(45)29(10)52-41)20-42(48,55-37)28(9)34(44)27(8)38-30(49-11)16-14-15-22(3)17-24(5)33(43)25(6)18-23(4)19-31(50-12)40(47)54-38/h14-16,18-19,21,24-30,32-39,41,43-46,48H,17,20H2,1-13H3/t24?,25?,26?,27?,28?,29-,30?,32?,33?,34?,35-,36+,37?,38?,39+,41-,42?/m0/s1. The molecule has 0 spiro atoms. The van der Waals surface area contributed by atoms with Gasteiger partial charge in [0.1, 0.15) is 30.5 Å². The van der Waals surface area contributed by atoms with E-state index in [4.69, 9.17) is 33.2 Å². The van der Waals surface area contributed by atoms with Crippen molar-refractivity contribution in [2.75, 3.05) is 21.3 Å². The van der Waals surface area contributed by atoms with Gasteiger partial charge in [-0.3, -0.25) is 0 Å². The summed E-state index contributed by atoms with van der Waals surface area (Å²) in [5.41, 5.74) is 1.73. The topological polar surface area (TPSA) is 183 Å². The first-order chi connectivity index (χ1) is 25.7. The van der Waals surface area contributed by atoms with Gasteiger partial charge in [-0.15, -0.1) is 0 Å². The van der Waals surface area contributed by atoms with E-state index >= 15 is 0 Å². The molecule has 3 aliphatic rings. The van der Waals surface area contributed by atoms with Gasteiger partial charge < -0.3 is 58.7 Å². The van der Waals surface area contributed by atoms with E-state index < -0.39 is 90.9 Å². The van der Waals surface area contributed by atoms with Crippen LogP contribution < -0.4 is 0 Å². The summed E-state index contributed by atoms with van der Waals surface area (Å²) in [6.45, 7) is 18.6. The Kier molecular flexibility index (Phi) is 17.6. The van der Waals surface area contributed by atoms with Gasteiger partial charge in [0, 0.05) is 44.3 Å². The Bertz CT molecular complexity index is 1360. The maximum atomic E-state index is 13.8. The lowest BCUT2D eigenvalue weighted by molar-refractivity contribution is -0.362. The van der Waals surface area contributed by atoms with Crippen molar-refractivity contribution in [2.24, 2.45) is 35.5 Å². The van der Waals surface area contributed by atoms with E-state index in [9.17, 15) is 30.3 Å². The number of carbonyl (C=O) groups is 1. The number of aliphatic hydroxyl groups excluding tert-OH is 4. The van der Waals surface area contributed by atoms with Crippen LogP contribution in [0.2, 0.25) is 0 Å². The average Bonchev–Trinajstić information content (AvgIpc) is 3.13. The molecule has 3 aliphatic heterocycles. The molecule has 13 nitrogen and oxygen atoms in total. The lowest BCUT2D eigenvalue weighted by Gasteiger charge is -2.51. The largest absolute Gasteiger partial charge is 0.490 e. The van der Waals surface area contributed by atoms with Gasteiger partial charge in [-0.05, 0) is 45.1 Å². The van der Waals surface area contributed by atoms with Crippen LogP contribution in [-0.2, 0) is 38.0 Å². The average molecular weight is 783 g/mol. The molecular weight excluding hydrogens is 712 g/mol. The predicted molar refractivity (Wildman–Crippen MR) is 206 cm³/mol. The Morgan fingerprint density at radius 3 is 2.16 bits per heavy atom. The van der Waals surface area contributed by atoms with Crippen LogP contribution in [0.15, 0.2) is 47.3 Å². The van der Waals surface area contributed by atoms with Gasteiger partial charge in [-0.25, -0.2) is 4.79 Å². The number of aliphatic hydroxyl groups is 5. The van der Waals surface area contributed by atoms with Crippen LogP contribution in [0.5, 0.6) is 0 Å². The second-order valence-corrected chi connectivity index (χ2v) is 16.6. The van der Waals surface area contributed by atoms with Crippen molar-refractivity contribution in [3.05, 3.63) is 47.3 Å². The SMILES string of the molecule is COC1=CC(C)=CC(C)C(O)C(C)CC(C)=CC=CC(OC)C(C(C)C(O)C(C)C2(O)CC(O[C@@H]3O[C@@H](C)[C@H](O)[C@@H](O)[C@H]3OC)C(C)C(C(C)C)O2)OC1=O. The lowest BCUT2D eigenvalue weighted by Crippen LogP contribution is -2.62. The highest BCUT2D eigenvalue weighted by Gasteiger charge is 2.54. The fourth-order valence-corrected chi connectivity index (χ4v) is 8.23. The first kappa shape index (κ1) is 47.2. The summed E-state index contributed by atoms with van der Waals surface area (Å²) < 4.78 is 41.8. The molecule has 0 aliphatic carbocycles. The van der Waals surface area contributed by atoms with Crippen molar-refractivity contribution in [3.63, 3.8) is 0 Å². The number of hydrogen-bond acceptors (Lipinski definition) is 13. The van der Waals surface area contributed by atoms with E-state index in [1.165, 1.54) is 21.3 Å². The third kappa shape index (κ3) is 11.5. The summed E-state index contributed by atoms with van der Waals surface area (Å²) in [5.74, 6) is -5.08. The molecule has 12 unspecified atom stereocenters. The van der Waals surface area contributed by atoms with Crippen LogP contribution in [-0.4, -0.2) is 126 Å². The number of allylic oxidation sites excluding steroid dienone is 5. The monoisotopic (exact) mass is 782 g/mol. The fourth-order valence-electron chi connectivity index (χ4n) is 8.23. The zero-order valence-electron chi connectivity index (χ0n) is 35.1. The molecule has 0 amide bonds. The first-order valence-corrected chi connectivity index (χ1v) is 19.7. The number of esters is 1. The number of ether oxygens (including phenoxy) is 7. The van der Waals surface area contributed by atoms with Gasteiger partial charge in [0.05, 0.1) is 37.6 Å². The molecule has 3 rings (SSSR count). The van der Waals surface area contributed by atoms with Crippen LogP contribution in [0.4, 0.5) is 0 Å². The smallest absolute Gasteiger partial charge is 0.373 e. The highest BCUT2D eigenvalue weighted by molar-refractivity contribution is 5.87. The zero-order chi connectivity index (χ0) is 41.5. The normalized spacial score (nSPS) is 40.4. The number of rotatable bonds is 10. The van der Waals surface area contributed by atoms with Crippen LogP contribution in [0.1, 0.15) is 82.1 Å². The number of cyclic esters (lactones) is 1. The van der Waals surface area contributed by atoms with E-state index in [0.29, 0.717) is 12.0 Å². The van der Waals surface area contributed by atoms with Gasteiger partial charge in [0.25, 0.3) is 0 Å². The summed E-state index contributed by atoms with van der Waals surface area (Å²) in [7, 11) is 4.25. The van der Waals surface area contributed by atoms with Crippen LogP contribution in [0.3, 0.4) is 0 Å². The lowest BCUT2D eigenvalue weighted by atomic mass is 9.76. The van der Waals surface area contributed by atoms with Crippen molar-refractivity contribution in [3.8, 4) is 0 Å². The predicted octanol–water partition coefficient (Wildman–Crippen LogP) is 4.20. The van der Waals surface area contributed by atoms with Crippen LogP contribution in [0.25, 0.3) is 0 Å². The number of carbonyl (C=O) groups excluding carboxylic acids is 1. The second kappa shape index (κ2) is 20.5. The Balaban J connectivity index is 2.00. The molecule has 0 aromatic rings. The third-order valence-corrected chi connectivity index (χ3v) is 11.8. The van der Waals surface area contributed by atoms with Crippen molar-refractivity contribution in [1.82, 2.24) is 0 Å². The van der Waals surface area contributed by atoms with Gasteiger partial charge in [-0.2, -0.15) is 0 Å². The molecule has 17 atom stereocenters. The molecule has 5 N–H and O–H groups in total. The zero-order valence-corrected chi connectivity index (χ0v) is 35.1. The molecule has 3 heterocycles. The Labute approximate surface area is 328 Å². The van der Waals surface area contributed by atoms with Crippen LogP contribution in [0, 0.1) is 35.5 Å². The molecule has 0 aromatic carbocycles. The van der Waals surface area contributed by atoms with Crippen molar-refractivity contribution in [2.45, 2.75) is 155 Å². The third-order valence-electron chi connectivity index (χ3n) is 11.8. The first-order valence-electron chi connectivity index (χ1n) is 19.7. The van der Waals surface area contributed by atoms with E-state index in [2.05, 4.69) is 0 Å². The minimum Gasteiger partial charge on any atom is -0.490 e. The van der Waals surface area contributed by atoms with E-state index in [-0.39, 0.29) is 35.9 Å². The molecule has 0 radical (unpaired) electrons. The van der Waals surface area contributed by atoms with Crippen LogP contribution >= 0.6 is 0 Å². The number of methoxy groups -OCH3 is 3. The molecular formula is C42H70O13. The molecule has 2 saturated heterocycles. The summed E-state index contributed by atoms with van der Waals surface area (Å²) in [6.07, 6.45) is -0.670. The minimum absolute atomic E-state index is 0.0363. The molecule has 316 valence electrons. The van der Waals surface area contributed by atoms with Crippen molar-refractivity contribution >= 4 is 5.97 Å². The van der Waals surface area contributed by atoms with E-state index in [0.717, 1.165) is 5.57 Å². The molecule has 0 aromatic heterocycles. The molecule has 13 heteroatoms. The Morgan fingerprint density at radius 2 is 1.58 bits per heavy atom. The second-order valence-electron chi connectivity index (χ2n) is 16.6. The maximum absolute atomic E-state index is 13.8. The fraction of sp³-hybridized carbons (Fsp3) is 0.786. The Morgan fingerprint density at radius 1 is 0.927 bits per heavy atom. The van der Waals surface area contributed by atoms with E-state index in [1.54, 1.807) is 32.9 Å². The summed E-state index contributed by atoms with van der Waals surface area (Å²) in [4.78, 5) is 13.8. The number of hydrogen-bond donors (Lipinski definition) is 5. The Hall–Kier alpha value is -2.17. The molecule has 55 heavy (non-hydrogen) atoms. The quantitative estimate of drug-likeness (QED) is 0.199. The highest BCUT2D eigenvalue weighted by Crippen LogP contribution is 2.43. The minimum atomic E-state index is -1.92. The summed E-state index contributed by atoms with van der Waals surface area (Å²) in [5, 5.41) is 56.6. The highest BCUT2D eigenvalue weighted by atomic mass is 16.7. The van der Waals surface area contributed by atoms with Gasteiger partial charge in [-0.1, -0.05) is 83.9 Å². The summed E-state index contributed by atoms with van der Waals surface area (Å²) in [6, 6.07) is 0. The molecule has 2 fully saturated rings. The van der Waals surface area contributed by atoms with Gasteiger partial charge in [0.2, 0.25) is 5.76 Å². The molecule has 0 saturated carbocycles. The van der Waals surface area contributed by atoms with E-state index in [1.807, 2.05) is 66.7 Å². The summed E-state index contributed by atoms with van der Waals surface area (Å²) >= 11 is 0. The maximum Gasteiger partial charge on any atom is 0.373 e. The van der Waals surface area contributed by atoms with Gasteiger partial charge in [0.15, 0.2) is 12.1 Å². The van der Waals surface area contributed by atoms with Crippen molar-refractivity contribution < 1.29 is 63.5 Å².